The van der Waals surface area contributed by atoms with E-state index >= 15 is 0 Å². The van der Waals surface area contributed by atoms with Gasteiger partial charge in [0.1, 0.15) is 5.75 Å². The highest BCUT2D eigenvalue weighted by molar-refractivity contribution is 5.90. The van der Waals surface area contributed by atoms with Crippen LogP contribution in [0.25, 0.3) is 0 Å². The number of benzene rings is 1. The third-order valence-electron chi connectivity index (χ3n) is 2.51. The van der Waals surface area contributed by atoms with Gasteiger partial charge in [0.2, 0.25) is 0 Å². The van der Waals surface area contributed by atoms with Crippen LogP contribution < -0.4 is 15.4 Å². The van der Waals surface area contributed by atoms with E-state index in [2.05, 4.69) is 10.6 Å². The Hall–Kier alpha value is -1.96. The summed E-state index contributed by atoms with van der Waals surface area (Å²) in [4.78, 5) is 11.5. The Morgan fingerprint density at radius 2 is 2.10 bits per heavy atom. The fourth-order valence-electron chi connectivity index (χ4n) is 1.55. The lowest BCUT2D eigenvalue weighted by molar-refractivity contribution is -0.137. The number of halogens is 3. The first kappa shape index (κ1) is 17.1. The number of anilines is 1. The molecule has 0 aliphatic rings. The number of aliphatic hydroxyl groups is 1. The largest absolute Gasteiger partial charge is 0.494 e. The molecule has 0 heterocycles. The molecule has 8 heteroatoms. The molecule has 1 aromatic rings. The van der Waals surface area contributed by atoms with Crippen molar-refractivity contribution < 1.29 is 27.8 Å². The molecule has 0 unspecified atom stereocenters. The molecule has 118 valence electrons. The second kappa shape index (κ2) is 7.16. The molecule has 1 atom stereocenters. The van der Waals surface area contributed by atoms with Crippen LogP contribution in [0.4, 0.5) is 23.7 Å². The van der Waals surface area contributed by atoms with Crippen molar-refractivity contribution in [1.29, 1.82) is 0 Å². The molecule has 0 saturated carbocycles. The van der Waals surface area contributed by atoms with Crippen molar-refractivity contribution in [3.05, 3.63) is 23.8 Å². The Kier molecular flexibility index (Phi) is 5.83. The van der Waals surface area contributed by atoms with Crippen molar-refractivity contribution in [2.24, 2.45) is 0 Å². The monoisotopic (exact) mass is 306 g/mol. The minimum absolute atomic E-state index is 0.0690. The molecule has 2 amide bonds. The molecule has 0 bridgehead atoms. The van der Waals surface area contributed by atoms with Crippen molar-refractivity contribution >= 4 is 11.7 Å². The lowest BCUT2D eigenvalue weighted by Gasteiger charge is -2.17. The average molecular weight is 306 g/mol. The molecule has 0 aliphatic heterocycles. The average Bonchev–Trinajstić information content (AvgIpc) is 2.39. The van der Waals surface area contributed by atoms with Crippen LogP contribution in [0, 0.1) is 0 Å². The Balaban J connectivity index is 2.98. The zero-order valence-corrected chi connectivity index (χ0v) is 11.6. The van der Waals surface area contributed by atoms with E-state index in [0.717, 1.165) is 12.1 Å². The second-order valence-electron chi connectivity index (χ2n) is 4.32. The summed E-state index contributed by atoms with van der Waals surface area (Å²) in [6.45, 7) is 3.09. The topological polar surface area (TPSA) is 70.6 Å². The van der Waals surface area contributed by atoms with E-state index in [1.54, 1.807) is 6.92 Å². The first-order valence-electron chi connectivity index (χ1n) is 6.30. The lowest BCUT2D eigenvalue weighted by atomic mass is 10.1. The molecule has 0 radical (unpaired) electrons. The molecule has 21 heavy (non-hydrogen) atoms. The zero-order chi connectivity index (χ0) is 16.0. The molecule has 0 aromatic heterocycles. The normalized spacial score (nSPS) is 12.7. The number of rotatable bonds is 5. The van der Waals surface area contributed by atoms with Crippen LogP contribution in [0.1, 0.15) is 19.4 Å². The Bertz CT molecular complexity index is 492. The highest BCUT2D eigenvalue weighted by Gasteiger charge is 2.34. The number of amides is 2. The fourth-order valence-corrected chi connectivity index (χ4v) is 1.55. The summed E-state index contributed by atoms with van der Waals surface area (Å²) in [7, 11) is 0. The summed E-state index contributed by atoms with van der Waals surface area (Å²) in [6.07, 6.45) is -4.63. The van der Waals surface area contributed by atoms with E-state index < -0.39 is 23.8 Å². The molecule has 1 aromatic carbocycles. The van der Waals surface area contributed by atoms with Crippen LogP contribution in [0.5, 0.6) is 5.75 Å². The van der Waals surface area contributed by atoms with Gasteiger partial charge in [-0.2, -0.15) is 13.2 Å². The maximum atomic E-state index is 13.0. The van der Waals surface area contributed by atoms with Crippen LogP contribution in [-0.4, -0.2) is 30.4 Å². The smallest absolute Gasteiger partial charge is 0.418 e. The molecule has 0 spiro atoms. The molecular weight excluding hydrogens is 289 g/mol. The van der Waals surface area contributed by atoms with Gasteiger partial charge in [-0.1, -0.05) is 0 Å². The number of ether oxygens (including phenoxy) is 1. The maximum absolute atomic E-state index is 13.0. The first-order chi connectivity index (χ1) is 9.77. The summed E-state index contributed by atoms with van der Waals surface area (Å²) in [5, 5.41) is 13.2. The third kappa shape index (κ3) is 5.14. The van der Waals surface area contributed by atoms with Crippen molar-refractivity contribution in [3.63, 3.8) is 0 Å². The number of nitrogens with one attached hydrogen (secondary N) is 2. The van der Waals surface area contributed by atoms with Gasteiger partial charge in [0.15, 0.2) is 0 Å². The maximum Gasteiger partial charge on any atom is 0.418 e. The van der Waals surface area contributed by atoms with Crippen LogP contribution >= 0.6 is 0 Å². The minimum atomic E-state index is -4.63. The number of carbonyl (C=O) groups is 1. The Morgan fingerprint density at radius 3 is 2.62 bits per heavy atom. The highest BCUT2D eigenvalue weighted by atomic mass is 19.4. The zero-order valence-electron chi connectivity index (χ0n) is 11.6. The van der Waals surface area contributed by atoms with Gasteiger partial charge in [-0.3, -0.25) is 0 Å². The number of hydrogen-bond donors (Lipinski definition) is 3. The predicted octanol–water partition coefficient (Wildman–Crippen LogP) is 2.61. The molecule has 0 aliphatic carbocycles. The molecule has 0 fully saturated rings. The number of carbonyl (C=O) groups excluding carboxylic acids is 1. The first-order valence-corrected chi connectivity index (χ1v) is 6.30. The van der Waals surface area contributed by atoms with E-state index in [-0.39, 0.29) is 24.7 Å². The minimum Gasteiger partial charge on any atom is -0.494 e. The van der Waals surface area contributed by atoms with Gasteiger partial charge in [0, 0.05) is 0 Å². The second-order valence-corrected chi connectivity index (χ2v) is 4.32. The molecular formula is C13H17F3N2O3. The van der Waals surface area contributed by atoms with E-state index in [4.69, 9.17) is 9.84 Å². The molecule has 1 rings (SSSR count). The Morgan fingerprint density at radius 1 is 1.43 bits per heavy atom. The SMILES string of the molecule is CCOc1ccc(NC(=O)N[C@@H](C)CO)c(C(F)(F)F)c1. The van der Waals surface area contributed by atoms with Gasteiger partial charge in [0.05, 0.1) is 30.5 Å². The number of aliphatic hydroxyl groups excluding tert-OH is 1. The van der Waals surface area contributed by atoms with E-state index in [1.807, 2.05) is 0 Å². The van der Waals surface area contributed by atoms with Gasteiger partial charge in [-0.05, 0) is 32.0 Å². The quantitative estimate of drug-likeness (QED) is 0.783. The van der Waals surface area contributed by atoms with Crippen LogP contribution in [0.3, 0.4) is 0 Å². The molecule has 0 saturated heterocycles. The summed E-state index contributed by atoms with van der Waals surface area (Å²) in [6, 6.07) is 1.89. The molecule has 3 N–H and O–H groups in total. The predicted molar refractivity (Wildman–Crippen MR) is 71.3 cm³/mol. The standard InChI is InChI=1S/C13H17F3N2O3/c1-3-21-9-4-5-11(10(6-9)13(14,15)16)18-12(20)17-8(2)7-19/h4-6,8,19H,3,7H2,1-2H3,(H2,17,18,20)/t8-/m0/s1. The van der Waals surface area contributed by atoms with Gasteiger partial charge in [-0.15, -0.1) is 0 Å². The lowest BCUT2D eigenvalue weighted by Crippen LogP contribution is -2.38. The van der Waals surface area contributed by atoms with E-state index in [0.29, 0.717) is 0 Å². The van der Waals surface area contributed by atoms with Crippen LogP contribution in [-0.2, 0) is 6.18 Å². The van der Waals surface area contributed by atoms with E-state index in [9.17, 15) is 18.0 Å². The molecule has 5 nitrogen and oxygen atoms in total. The fraction of sp³-hybridized carbons (Fsp3) is 0.462. The van der Waals surface area contributed by atoms with Gasteiger partial charge < -0.3 is 20.5 Å². The van der Waals surface area contributed by atoms with Crippen molar-refractivity contribution in [1.82, 2.24) is 5.32 Å². The van der Waals surface area contributed by atoms with Crippen molar-refractivity contribution in [3.8, 4) is 5.75 Å². The summed E-state index contributed by atoms with van der Waals surface area (Å²) in [5.74, 6) is 0.0690. The number of hydrogen-bond acceptors (Lipinski definition) is 3. The van der Waals surface area contributed by atoms with Crippen LogP contribution in [0.15, 0.2) is 18.2 Å². The summed E-state index contributed by atoms with van der Waals surface area (Å²) < 4.78 is 44.0. The summed E-state index contributed by atoms with van der Waals surface area (Å²) in [5.41, 5.74) is -1.38. The van der Waals surface area contributed by atoms with E-state index in [1.165, 1.54) is 13.0 Å². The van der Waals surface area contributed by atoms with Crippen molar-refractivity contribution in [2.75, 3.05) is 18.5 Å². The summed E-state index contributed by atoms with van der Waals surface area (Å²) >= 11 is 0. The number of alkyl halides is 3. The van der Waals surface area contributed by atoms with Gasteiger partial charge in [0.25, 0.3) is 0 Å². The third-order valence-corrected chi connectivity index (χ3v) is 2.51. The van der Waals surface area contributed by atoms with Crippen molar-refractivity contribution in [2.45, 2.75) is 26.1 Å². The highest BCUT2D eigenvalue weighted by Crippen LogP contribution is 2.37. The van der Waals surface area contributed by atoms with Gasteiger partial charge >= 0.3 is 12.2 Å². The van der Waals surface area contributed by atoms with Crippen LogP contribution in [0.2, 0.25) is 0 Å². The van der Waals surface area contributed by atoms with Gasteiger partial charge in [-0.25, -0.2) is 4.79 Å². The Labute approximate surface area is 120 Å². The number of urea groups is 1.